The Balaban J connectivity index is 4.46. The summed E-state index contributed by atoms with van der Waals surface area (Å²) in [6, 6.07) is -0.143. The van der Waals surface area contributed by atoms with Gasteiger partial charge in [-0.25, -0.2) is 4.79 Å². The van der Waals surface area contributed by atoms with Crippen LogP contribution in [-0.4, -0.2) is 41.1 Å². The van der Waals surface area contributed by atoms with E-state index in [1.807, 2.05) is 20.8 Å². The van der Waals surface area contributed by atoms with Gasteiger partial charge in [0, 0.05) is 25.6 Å². The lowest BCUT2D eigenvalue weighted by Crippen LogP contribution is -2.50. The van der Waals surface area contributed by atoms with E-state index in [2.05, 4.69) is 19.2 Å². The van der Waals surface area contributed by atoms with Crippen LogP contribution in [0, 0.1) is 11.8 Å². The van der Waals surface area contributed by atoms with E-state index in [0.29, 0.717) is 12.5 Å². The maximum absolute atomic E-state index is 12.1. The molecule has 2 amide bonds. The van der Waals surface area contributed by atoms with Crippen LogP contribution in [-0.2, 0) is 4.79 Å². The first-order chi connectivity index (χ1) is 9.10. The Bertz CT molecular complexity index is 327. The molecule has 0 saturated carbocycles. The number of carboxylic acids is 1. The van der Waals surface area contributed by atoms with Crippen molar-refractivity contribution in [2.45, 2.75) is 59.4 Å². The van der Waals surface area contributed by atoms with E-state index >= 15 is 0 Å². The minimum atomic E-state index is -0.813. The summed E-state index contributed by atoms with van der Waals surface area (Å²) >= 11 is 0. The SMILES string of the molecule is CCC(C)(C)N(C)C(=O)NCC(CC(=O)O)CC(C)C. The Morgan fingerprint density at radius 1 is 1.30 bits per heavy atom. The van der Waals surface area contributed by atoms with Crippen LogP contribution in [0.15, 0.2) is 0 Å². The molecule has 0 aromatic carbocycles. The van der Waals surface area contributed by atoms with Crippen LogP contribution in [0.3, 0.4) is 0 Å². The molecule has 118 valence electrons. The Kier molecular flexibility index (Phi) is 7.61. The van der Waals surface area contributed by atoms with Crippen LogP contribution in [0.2, 0.25) is 0 Å². The quantitative estimate of drug-likeness (QED) is 0.720. The zero-order chi connectivity index (χ0) is 15.9. The molecule has 1 atom stereocenters. The molecule has 0 rings (SSSR count). The average molecular weight is 286 g/mol. The van der Waals surface area contributed by atoms with Crippen molar-refractivity contribution < 1.29 is 14.7 Å². The van der Waals surface area contributed by atoms with Crippen molar-refractivity contribution in [1.82, 2.24) is 10.2 Å². The van der Waals surface area contributed by atoms with Crippen LogP contribution in [0.4, 0.5) is 4.79 Å². The van der Waals surface area contributed by atoms with E-state index in [0.717, 1.165) is 12.8 Å². The number of carbonyl (C=O) groups is 2. The van der Waals surface area contributed by atoms with Gasteiger partial charge in [-0.05, 0) is 38.5 Å². The van der Waals surface area contributed by atoms with Gasteiger partial charge in [0.1, 0.15) is 0 Å². The second kappa shape index (κ2) is 8.12. The summed E-state index contributed by atoms with van der Waals surface area (Å²) in [6.07, 6.45) is 1.76. The molecular weight excluding hydrogens is 256 g/mol. The minimum absolute atomic E-state index is 0.0189. The largest absolute Gasteiger partial charge is 0.481 e. The molecular formula is C15H30N2O3. The van der Waals surface area contributed by atoms with Crippen molar-refractivity contribution >= 4 is 12.0 Å². The van der Waals surface area contributed by atoms with E-state index in [9.17, 15) is 9.59 Å². The number of carbonyl (C=O) groups excluding carboxylic acids is 1. The van der Waals surface area contributed by atoms with Gasteiger partial charge in [-0.15, -0.1) is 0 Å². The maximum atomic E-state index is 12.1. The molecule has 0 fully saturated rings. The highest BCUT2D eigenvalue weighted by Crippen LogP contribution is 2.17. The average Bonchev–Trinajstić information content (AvgIpc) is 2.33. The number of urea groups is 1. The highest BCUT2D eigenvalue weighted by atomic mass is 16.4. The van der Waals surface area contributed by atoms with Gasteiger partial charge < -0.3 is 15.3 Å². The summed E-state index contributed by atoms with van der Waals surface area (Å²) < 4.78 is 0. The fourth-order valence-corrected chi connectivity index (χ4v) is 2.01. The Hall–Kier alpha value is -1.26. The van der Waals surface area contributed by atoms with E-state index in [1.54, 1.807) is 11.9 Å². The van der Waals surface area contributed by atoms with Crippen LogP contribution in [0.5, 0.6) is 0 Å². The number of carboxylic acid groups (broad SMARTS) is 1. The third-order valence-corrected chi connectivity index (χ3v) is 3.89. The third kappa shape index (κ3) is 6.78. The summed E-state index contributed by atoms with van der Waals surface area (Å²) in [5.74, 6) is -0.414. The second-order valence-electron chi connectivity index (χ2n) is 6.50. The van der Waals surface area contributed by atoms with Gasteiger partial charge in [0.05, 0.1) is 0 Å². The lowest BCUT2D eigenvalue weighted by atomic mass is 9.94. The molecule has 1 unspecified atom stereocenters. The van der Waals surface area contributed by atoms with Gasteiger partial charge in [0.15, 0.2) is 0 Å². The van der Waals surface area contributed by atoms with Gasteiger partial charge in [-0.2, -0.15) is 0 Å². The minimum Gasteiger partial charge on any atom is -0.481 e. The zero-order valence-electron chi connectivity index (χ0n) is 13.7. The van der Waals surface area contributed by atoms with Crippen molar-refractivity contribution in [3.05, 3.63) is 0 Å². The van der Waals surface area contributed by atoms with Gasteiger partial charge in [0.25, 0.3) is 0 Å². The summed E-state index contributed by atoms with van der Waals surface area (Å²) in [5, 5.41) is 11.8. The molecule has 0 aliphatic rings. The molecule has 0 radical (unpaired) electrons. The fraction of sp³-hybridized carbons (Fsp3) is 0.867. The Labute approximate surface area is 122 Å². The molecule has 0 aliphatic heterocycles. The number of nitrogens with one attached hydrogen (secondary N) is 1. The molecule has 0 aromatic rings. The van der Waals surface area contributed by atoms with Crippen molar-refractivity contribution in [1.29, 1.82) is 0 Å². The predicted molar refractivity (Wildman–Crippen MR) is 80.7 cm³/mol. The third-order valence-electron chi connectivity index (χ3n) is 3.89. The number of rotatable bonds is 8. The Morgan fingerprint density at radius 3 is 2.25 bits per heavy atom. The number of amides is 2. The smallest absolute Gasteiger partial charge is 0.317 e. The van der Waals surface area contributed by atoms with Gasteiger partial charge in [0.2, 0.25) is 0 Å². The van der Waals surface area contributed by atoms with Crippen LogP contribution >= 0.6 is 0 Å². The Morgan fingerprint density at radius 2 is 1.85 bits per heavy atom. The monoisotopic (exact) mass is 286 g/mol. The number of hydrogen-bond acceptors (Lipinski definition) is 2. The van der Waals surface area contributed by atoms with E-state index in [-0.39, 0.29) is 23.9 Å². The molecule has 20 heavy (non-hydrogen) atoms. The highest BCUT2D eigenvalue weighted by Gasteiger charge is 2.26. The fourth-order valence-electron chi connectivity index (χ4n) is 2.01. The van der Waals surface area contributed by atoms with Crippen LogP contribution < -0.4 is 5.32 Å². The van der Waals surface area contributed by atoms with Gasteiger partial charge in [-0.1, -0.05) is 20.8 Å². The number of aliphatic carboxylic acids is 1. The second-order valence-corrected chi connectivity index (χ2v) is 6.50. The number of nitrogens with zero attached hydrogens (tertiary/aromatic N) is 1. The lowest BCUT2D eigenvalue weighted by molar-refractivity contribution is -0.138. The van der Waals surface area contributed by atoms with Crippen LogP contribution in [0.1, 0.15) is 53.9 Å². The summed E-state index contributed by atoms with van der Waals surface area (Å²) in [4.78, 5) is 24.6. The summed E-state index contributed by atoms with van der Waals surface area (Å²) in [5.41, 5.74) is -0.204. The van der Waals surface area contributed by atoms with Gasteiger partial charge >= 0.3 is 12.0 Å². The first-order valence-electron chi connectivity index (χ1n) is 7.33. The van der Waals surface area contributed by atoms with E-state index < -0.39 is 5.97 Å². The molecule has 0 saturated heterocycles. The van der Waals surface area contributed by atoms with E-state index in [1.165, 1.54) is 0 Å². The summed E-state index contributed by atoms with van der Waals surface area (Å²) in [7, 11) is 1.77. The molecule has 5 nitrogen and oxygen atoms in total. The normalized spacial score (nSPS) is 13.2. The molecule has 0 spiro atoms. The van der Waals surface area contributed by atoms with Crippen molar-refractivity contribution in [2.75, 3.05) is 13.6 Å². The standard InChI is InChI=1S/C15H30N2O3/c1-7-15(4,5)17(6)14(20)16-10-12(8-11(2)3)9-13(18)19/h11-12H,7-10H2,1-6H3,(H,16,20)(H,18,19). The predicted octanol–water partition coefficient (Wildman–Crippen LogP) is 2.95. The molecule has 2 N–H and O–H groups in total. The van der Waals surface area contributed by atoms with Crippen LogP contribution in [0.25, 0.3) is 0 Å². The first kappa shape index (κ1) is 18.7. The first-order valence-corrected chi connectivity index (χ1v) is 7.33. The van der Waals surface area contributed by atoms with Crippen molar-refractivity contribution in [3.8, 4) is 0 Å². The topological polar surface area (TPSA) is 69.6 Å². The van der Waals surface area contributed by atoms with Gasteiger partial charge in [-0.3, -0.25) is 4.79 Å². The lowest BCUT2D eigenvalue weighted by Gasteiger charge is -2.35. The molecule has 0 aromatic heterocycles. The molecule has 0 aliphatic carbocycles. The molecule has 0 bridgehead atoms. The highest BCUT2D eigenvalue weighted by molar-refractivity contribution is 5.74. The maximum Gasteiger partial charge on any atom is 0.317 e. The number of hydrogen-bond donors (Lipinski definition) is 2. The summed E-state index contributed by atoms with van der Waals surface area (Å²) in [6.45, 7) is 10.6. The van der Waals surface area contributed by atoms with Crippen molar-refractivity contribution in [2.24, 2.45) is 11.8 Å². The zero-order valence-corrected chi connectivity index (χ0v) is 13.7. The molecule has 0 heterocycles. The van der Waals surface area contributed by atoms with E-state index in [4.69, 9.17) is 5.11 Å². The molecule has 5 heteroatoms. The van der Waals surface area contributed by atoms with Crippen molar-refractivity contribution in [3.63, 3.8) is 0 Å².